The summed E-state index contributed by atoms with van der Waals surface area (Å²) in [6.45, 7) is 8.04. The maximum absolute atomic E-state index is 12.4. The van der Waals surface area contributed by atoms with E-state index in [1.54, 1.807) is 0 Å². The molecule has 0 radical (unpaired) electrons. The van der Waals surface area contributed by atoms with Crippen molar-refractivity contribution >= 4 is 5.91 Å². The predicted octanol–water partition coefficient (Wildman–Crippen LogP) is 2.20. The van der Waals surface area contributed by atoms with Crippen molar-refractivity contribution in [3.05, 3.63) is 0 Å². The molecule has 0 aromatic carbocycles. The highest BCUT2D eigenvalue weighted by Gasteiger charge is 2.41. The zero-order valence-electron chi connectivity index (χ0n) is 11.1. The molecule has 0 aliphatic heterocycles. The van der Waals surface area contributed by atoms with Gasteiger partial charge in [-0.2, -0.15) is 0 Å². The predicted molar refractivity (Wildman–Crippen MR) is 67.1 cm³/mol. The summed E-state index contributed by atoms with van der Waals surface area (Å²) in [5.41, 5.74) is 5.45. The van der Waals surface area contributed by atoms with Crippen LogP contribution in [0.1, 0.15) is 59.8 Å². The van der Waals surface area contributed by atoms with Crippen molar-refractivity contribution in [3.63, 3.8) is 0 Å². The van der Waals surface area contributed by atoms with Crippen LogP contribution in [-0.2, 0) is 4.79 Å². The Morgan fingerprint density at radius 3 is 2.31 bits per heavy atom. The van der Waals surface area contributed by atoms with Crippen molar-refractivity contribution in [2.45, 2.75) is 71.4 Å². The molecule has 0 heterocycles. The van der Waals surface area contributed by atoms with Crippen LogP contribution in [0.25, 0.3) is 0 Å². The largest absolute Gasteiger partial charge is 0.349 e. The smallest absolute Gasteiger partial charge is 0.226 e. The summed E-state index contributed by atoms with van der Waals surface area (Å²) in [5, 5.41) is 3.13. The van der Waals surface area contributed by atoms with E-state index in [1.165, 1.54) is 12.8 Å². The quantitative estimate of drug-likeness (QED) is 0.772. The Morgan fingerprint density at radius 2 is 1.94 bits per heavy atom. The summed E-state index contributed by atoms with van der Waals surface area (Å²) < 4.78 is 0. The van der Waals surface area contributed by atoms with Gasteiger partial charge in [0.25, 0.3) is 0 Å². The average molecular weight is 226 g/mol. The second kappa shape index (κ2) is 4.74. The van der Waals surface area contributed by atoms with E-state index in [9.17, 15) is 4.79 Å². The van der Waals surface area contributed by atoms with E-state index in [0.29, 0.717) is 0 Å². The lowest BCUT2D eigenvalue weighted by Gasteiger charge is -2.35. The van der Waals surface area contributed by atoms with Crippen LogP contribution in [0.5, 0.6) is 0 Å². The van der Waals surface area contributed by atoms with E-state index < -0.39 is 0 Å². The highest BCUT2D eigenvalue weighted by atomic mass is 16.2. The Bertz CT molecular complexity index is 253. The van der Waals surface area contributed by atoms with Crippen molar-refractivity contribution in [3.8, 4) is 0 Å². The molecule has 0 bridgehead atoms. The van der Waals surface area contributed by atoms with Gasteiger partial charge < -0.3 is 11.1 Å². The number of nitrogens with two attached hydrogens (primary N) is 1. The topological polar surface area (TPSA) is 55.1 Å². The average Bonchev–Trinajstić information content (AvgIpc) is 2.66. The highest BCUT2D eigenvalue weighted by molar-refractivity contribution is 5.83. The lowest BCUT2D eigenvalue weighted by Crippen LogP contribution is -2.57. The van der Waals surface area contributed by atoms with Crippen molar-refractivity contribution in [2.24, 2.45) is 11.1 Å². The van der Waals surface area contributed by atoms with Gasteiger partial charge in [-0.1, -0.05) is 19.8 Å². The molecule has 0 spiro atoms. The Balaban J connectivity index is 2.70. The molecule has 1 amide bonds. The van der Waals surface area contributed by atoms with Gasteiger partial charge in [0.15, 0.2) is 0 Å². The summed E-state index contributed by atoms with van der Waals surface area (Å²) in [5.74, 6) is 0.204. The third-order valence-corrected chi connectivity index (χ3v) is 4.29. The van der Waals surface area contributed by atoms with Gasteiger partial charge >= 0.3 is 0 Å². The van der Waals surface area contributed by atoms with Crippen LogP contribution in [0.4, 0.5) is 0 Å². The van der Waals surface area contributed by atoms with Gasteiger partial charge in [0.2, 0.25) is 5.91 Å². The van der Waals surface area contributed by atoms with Crippen LogP contribution in [0.3, 0.4) is 0 Å². The summed E-state index contributed by atoms with van der Waals surface area (Å²) in [6, 6.07) is -0.0354. The fourth-order valence-corrected chi connectivity index (χ4v) is 2.33. The zero-order valence-corrected chi connectivity index (χ0v) is 11.1. The molecular weight excluding hydrogens is 200 g/mol. The van der Waals surface area contributed by atoms with Crippen LogP contribution in [-0.4, -0.2) is 17.5 Å². The second-order valence-corrected chi connectivity index (χ2v) is 5.81. The Morgan fingerprint density at radius 1 is 1.44 bits per heavy atom. The molecule has 3 N–H and O–H groups in total. The Labute approximate surface area is 99.2 Å². The number of nitrogens with one attached hydrogen (secondary N) is 1. The van der Waals surface area contributed by atoms with Gasteiger partial charge in [-0.3, -0.25) is 4.79 Å². The number of rotatable bonds is 4. The SMILES string of the molecule is CCC1(C(=O)NC(C)(C)C(C)N)CCCC1. The van der Waals surface area contributed by atoms with Gasteiger partial charge in [0.1, 0.15) is 0 Å². The van der Waals surface area contributed by atoms with Gasteiger partial charge in [0, 0.05) is 17.0 Å². The number of amides is 1. The molecule has 3 nitrogen and oxygen atoms in total. The first-order valence-electron chi connectivity index (χ1n) is 6.42. The molecule has 16 heavy (non-hydrogen) atoms. The second-order valence-electron chi connectivity index (χ2n) is 5.81. The molecule has 1 fully saturated rings. The lowest BCUT2D eigenvalue weighted by molar-refractivity contribution is -0.133. The van der Waals surface area contributed by atoms with E-state index in [2.05, 4.69) is 12.2 Å². The Hall–Kier alpha value is -0.570. The summed E-state index contributed by atoms with van der Waals surface area (Å²) in [6.07, 6.45) is 5.36. The maximum atomic E-state index is 12.4. The van der Waals surface area contributed by atoms with Crippen molar-refractivity contribution < 1.29 is 4.79 Å². The van der Waals surface area contributed by atoms with E-state index in [1.807, 2.05) is 20.8 Å². The van der Waals surface area contributed by atoms with Crippen LogP contribution in [0.2, 0.25) is 0 Å². The molecule has 1 aliphatic carbocycles. The molecule has 0 saturated heterocycles. The zero-order chi connectivity index (χ0) is 12.4. The molecule has 1 rings (SSSR count). The van der Waals surface area contributed by atoms with Crippen molar-refractivity contribution in [1.29, 1.82) is 0 Å². The summed E-state index contributed by atoms with van der Waals surface area (Å²) in [4.78, 5) is 12.4. The molecular formula is C13H26N2O. The van der Waals surface area contributed by atoms with Crippen LogP contribution in [0, 0.1) is 5.41 Å². The number of carbonyl (C=O) groups excluding carboxylic acids is 1. The molecule has 1 unspecified atom stereocenters. The van der Waals surface area contributed by atoms with Crippen molar-refractivity contribution in [2.75, 3.05) is 0 Å². The number of hydrogen-bond donors (Lipinski definition) is 2. The monoisotopic (exact) mass is 226 g/mol. The normalized spacial score (nSPS) is 21.8. The third kappa shape index (κ3) is 2.57. The molecule has 1 atom stereocenters. The molecule has 1 saturated carbocycles. The standard InChI is InChI=1S/C13H26N2O/c1-5-13(8-6-7-9-13)11(16)15-12(3,4)10(2)14/h10H,5-9,14H2,1-4H3,(H,15,16). The van der Waals surface area contributed by atoms with E-state index >= 15 is 0 Å². The van der Waals surface area contributed by atoms with E-state index in [4.69, 9.17) is 5.73 Å². The van der Waals surface area contributed by atoms with Crippen LogP contribution in [0.15, 0.2) is 0 Å². The molecule has 0 aromatic heterocycles. The van der Waals surface area contributed by atoms with Gasteiger partial charge in [-0.25, -0.2) is 0 Å². The Kier molecular flexibility index (Phi) is 4.00. The van der Waals surface area contributed by atoms with Gasteiger partial charge in [-0.05, 0) is 40.0 Å². The summed E-state index contributed by atoms with van der Waals surface area (Å²) >= 11 is 0. The molecule has 3 heteroatoms. The first-order valence-corrected chi connectivity index (χ1v) is 6.42. The first kappa shape index (κ1) is 13.5. The molecule has 94 valence electrons. The van der Waals surface area contributed by atoms with Crippen LogP contribution >= 0.6 is 0 Å². The minimum Gasteiger partial charge on any atom is -0.349 e. The summed E-state index contributed by atoms with van der Waals surface area (Å²) in [7, 11) is 0. The minimum absolute atomic E-state index is 0.0354. The number of carbonyl (C=O) groups is 1. The minimum atomic E-state index is -0.318. The molecule has 0 aromatic rings. The maximum Gasteiger partial charge on any atom is 0.226 e. The van der Waals surface area contributed by atoms with Gasteiger partial charge in [-0.15, -0.1) is 0 Å². The fourth-order valence-electron chi connectivity index (χ4n) is 2.33. The van der Waals surface area contributed by atoms with Crippen molar-refractivity contribution in [1.82, 2.24) is 5.32 Å². The molecule has 1 aliphatic rings. The van der Waals surface area contributed by atoms with Gasteiger partial charge in [0.05, 0.1) is 0 Å². The highest BCUT2D eigenvalue weighted by Crippen LogP contribution is 2.41. The van der Waals surface area contributed by atoms with E-state index in [0.717, 1.165) is 19.3 Å². The fraction of sp³-hybridized carbons (Fsp3) is 0.923. The number of hydrogen-bond acceptors (Lipinski definition) is 2. The first-order chi connectivity index (χ1) is 7.34. The third-order valence-electron chi connectivity index (χ3n) is 4.29. The van der Waals surface area contributed by atoms with Crippen LogP contribution < -0.4 is 11.1 Å². The lowest BCUT2D eigenvalue weighted by atomic mass is 9.81. The van der Waals surface area contributed by atoms with E-state index in [-0.39, 0.29) is 22.9 Å².